The number of ether oxygens (including phenoxy) is 1. The van der Waals surface area contributed by atoms with Gasteiger partial charge in [0.25, 0.3) is 0 Å². The van der Waals surface area contributed by atoms with Crippen LogP contribution < -0.4 is 5.32 Å². The molecule has 0 fully saturated rings. The number of hydrogen-bond donors (Lipinski definition) is 1. The van der Waals surface area contributed by atoms with Crippen LogP contribution in [0.5, 0.6) is 0 Å². The maximum atomic E-state index is 13.3. The van der Waals surface area contributed by atoms with Crippen LogP contribution in [-0.4, -0.2) is 21.4 Å². The summed E-state index contributed by atoms with van der Waals surface area (Å²) in [4.78, 5) is 20.1. The largest absolute Gasteiger partial charge is 0.366 e. The number of nitrogens with zero attached hydrogens (tertiary/aromatic N) is 3. The van der Waals surface area contributed by atoms with Gasteiger partial charge in [-0.3, -0.25) is 4.79 Å². The standard InChI is InChI=1S/C24H21FN4O3/c1-16(20-11-12-26-24(28-20)27-13-17-5-3-2-4-6-17)31-15-21-23(22(14-30)32-29-21)18-7-9-19(25)10-8-18/h2-12,14,16H,13,15H2,1H3,(H,26,27,28). The van der Waals surface area contributed by atoms with E-state index in [2.05, 4.69) is 20.4 Å². The molecule has 4 rings (SSSR count). The number of hydrogen-bond acceptors (Lipinski definition) is 7. The lowest BCUT2D eigenvalue weighted by molar-refractivity contribution is 0.0465. The SMILES string of the molecule is CC(OCc1noc(C=O)c1-c1ccc(F)cc1)c1ccnc(NCc2ccccc2)n1. The van der Waals surface area contributed by atoms with Crippen molar-refractivity contribution >= 4 is 12.2 Å². The molecule has 7 nitrogen and oxygen atoms in total. The Morgan fingerprint density at radius 2 is 1.91 bits per heavy atom. The fourth-order valence-corrected chi connectivity index (χ4v) is 3.19. The van der Waals surface area contributed by atoms with Gasteiger partial charge in [-0.2, -0.15) is 0 Å². The van der Waals surface area contributed by atoms with Crippen LogP contribution in [0.1, 0.15) is 40.5 Å². The van der Waals surface area contributed by atoms with E-state index in [1.165, 1.54) is 12.1 Å². The summed E-state index contributed by atoms with van der Waals surface area (Å²) in [7, 11) is 0. The lowest BCUT2D eigenvalue weighted by Gasteiger charge is -2.13. The molecule has 0 aliphatic heterocycles. The van der Waals surface area contributed by atoms with Crippen LogP contribution in [0.4, 0.5) is 10.3 Å². The quantitative estimate of drug-likeness (QED) is 0.373. The molecule has 32 heavy (non-hydrogen) atoms. The summed E-state index contributed by atoms with van der Waals surface area (Å²) in [6.45, 7) is 2.55. The molecule has 0 saturated heterocycles. The van der Waals surface area contributed by atoms with E-state index in [4.69, 9.17) is 9.26 Å². The predicted octanol–water partition coefficient (Wildman–Crippen LogP) is 4.97. The Hall–Kier alpha value is -3.91. The minimum absolute atomic E-state index is 0.0669. The molecule has 0 amide bonds. The van der Waals surface area contributed by atoms with Crippen molar-refractivity contribution in [3.05, 3.63) is 95.4 Å². The van der Waals surface area contributed by atoms with Crippen molar-refractivity contribution in [1.29, 1.82) is 0 Å². The van der Waals surface area contributed by atoms with Gasteiger partial charge >= 0.3 is 0 Å². The monoisotopic (exact) mass is 432 g/mol. The van der Waals surface area contributed by atoms with Crippen LogP contribution in [0, 0.1) is 5.82 Å². The molecule has 0 bridgehead atoms. The van der Waals surface area contributed by atoms with Crippen molar-refractivity contribution in [2.45, 2.75) is 26.2 Å². The molecule has 2 aromatic carbocycles. The van der Waals surface area contributed by atoms with E-state index in [9.17, 15) is 9.18 Å². The van der Waals surface area contributed by atoms with Gasteiger partial charge in [-0.25, -0.2) is 14.4 Å². The Labute approximate surface area is 184 Å². The average molecular weight is 432 g/mol. The number of carbonyl (C=O) groups excluding carboxylic acids is 1. The first-order chi connectivity index (χ1) is 15.6. The summed E-state index contributed by atoms with van der Waals surface area (Å²) in [6.07, 6.45) is 1.88. The summed E-state index contributed by atoms with van der Waals surface area (Å²) in [5.41, 5.74) is 3.37. The van der Waals surface area contributed by atoms with Gasteiger partial charge in [-0.05, 0) is 36.2 Å². The molecule has 1 atom stereocenters. The second-order valence-corrected chi connectivity index (χ2v) is 7.09. The van der Waals surface area contributed by atoms with Crippen LogP contribution in [-0.2, 0) is 17.9 Å². The van der Waals surface area contributed by atoms with Gasteiger partial charge in [0.2, 0.25) is 11.7 Å². The molecule has 0 spiro atoms. The van der Waals surface area contributed by atoms with Crippen LogP contribution in [0.2, 0.25) is 0 Å². The Morgan fingerprint density at radius 1 is 1.12 bits per heavy atom. The van der Waals surface area contributed by atoms with Crippen LogP contribution in [0.25, 0.3) is 11.1 Å². The summed E-state index contributed by atoms with van der Waals surface area (Å²) >= 11 is 0. The Morgan fingerprint density at radius 3 is 2.66 bits per heavy atom. The van der Waals surface area contributed by atoms with Crippen LogP contribution in [0.3, 0.4) is 0 Å². The Balaban J connectivity index is 1.44. The minimum atomic E-state index is -0.371. The zero-order valence-electron chi connectivity index (χ0n) is 17.4. The highest BCUT2D eigenvalue weighted by atomic mass is 19.1. The van der Waals surface area contributed by atoms with Crippen LogP contribution in [0.15, 0.2) is 71.4 Å². The van der Waals surface area contributed by atoms with E-state index in [1.54, 1.807) is 24.4 Å². The number of halogens is 1. The fourth-order valence-electron chi connectivity index (χ4n) is 3.19. The Kier molecular flexibility index (Phi) is 6.62. The van der Waals surface area contributed by atoms with Crippen LogP contribution >= 0.6 is 0 Å². The second-order valence-electron chi connectivity index (χ2n) is 7.09. The number of anilines is 1. The van der Waals surface area contributed by atoms with Gasteiger partial charge in [0.15, 0.2) is 6.29 Å². The van der Waals surface area contributed by atoms with Crippen molar-refractivity contribution in [3.8, 4) is 11.1 Å². The van der Waals surface area contributed by atoms with Gasteiger partial charge in [0.05, 0.1) is 24.0 Å². The zero-order chi connectivity index (χ0) is 22.3. The summed E-state index contributed by atoms with van der Waals surface area (Å²) < 4.78 is 24.4. The molecule has 0 radical (unpaired) electrons. The number of carbonyl (C=O) groups is 1. The molecule has 2 aromatic heterocycles. The number of rotatable bonds is 9. The van der Waals surface area contributed by atoms with Crippen molar-refractivity contribution < 1.29 is 18.4 Å². The molecule has 0 saturated carbocycles. The highest BCUT2D eigenvalue weighted by Crippen LogP contribution is 2.29. The predicted molar refractivity (Wildman–Crippen MR) is 116 cm³/mol. The first-order valence-corrected chi connectivity index (χ1v) is 10.1. The second kappa shape index (κ2) is 9.93. The molecule has 1 unspecified atom stereocenters. The van der Waals surface area contributed by atoms with Gasteiger partial charge in [0, 0.05) is 12.7 Å². The topological polar surface area (TPSA) is 90.1 Å². The maximum Gasteiger partial charge on any atom is 0.223 e. The van der Waals surface area contributed by atoms with Crippen molar-refractivity contribution in [3.63, 3.8) is 0 Å². The number of aromatic nitrogens is 3. The van der Waals surface area contributed by atoms with Gasteiger partial charge in [-0.1, -0.05) is 47.6 Å². The van der Waals surface area contributed by atoms with E-state index in [0.29, 0.717) is 41.3 Å². The summed E-state index contributed by atoms with van der Waals surface area (Å²) in [5.74, 6) is 0.195. The third-order valence-corrected chi connectivity index (χ3v) is 4.89. The lowest BCUT2D eigenvalue weighted by atomic mass is 10.0. The van der Waals surface area contributed by atoms with Gasteiger partial charge in [-0.15, -0.1) is 0 Å². The smallest absolute Gasteiger partial charge is 0.223 e. The molecular weight excluding hydrogens is 411 g/mol. The average Bonchev–Trinajstić information content (AvgIpc) is 3.25. The number of benzene rings is 2. The first-order valence-electron chi connectivity index (χ1n) is 10.1. The maximum absolute atomic E-state index is 13.3. The molecule has 162 valence electrons. The summed E-state index contributed by atoms with van der Waals surface area (Å²) in [6, 6.07) is 17.5. The third kappa shape index (κ3) is 5.04. The molecular formula is C24H21FN4O3. The van der Waals surface area contributed by atoms with Gasteiger partial charge in [0.1, 0.15) is 11.5 Å². The van der Waals surface area contributed by atoms with Crippen molar-refractivity contribution in [1.82, 2.24) is 15.1 Å². The van der Waals surface area contributed by atoms with Crippen molar-refractivity contribution in [2.75, 3.05) is 5.32 Å². The molecule has 4 aromatic rings. The highest BCUT2D eigenvalue weighted by molar-refractivity contribution is 5.85. The van der Waals surface area contributed by atoms with E-state index < -0.39 is 0 Å². The van der Waals surface area contributed by atoms with E-state index >= 15 is 0 Å². The van der Waals surface area contributed by atoms with E-state index in [1.807, 2.05) is 37.3 Å². The molecule has 1 N–H and O–H groups in total. The lowest BCUT2D eigenvalue weighted by Crippen LogP contribution is -2.08. The fraction of sp³-hybridized carbons (Fsp3) is 0.167. The third-order valence-electron chi connectivity index (χ3n) is 4.89. The van der Waals surface area contributed by atoms with E-state index in [-0.39, 0.29) is 24.3 Å². The first kappa shape index (κ1) is 21.3. The Bertz CT molecular complexity index is 1180. The minimum Gasteiger partial charge on any atom is -0.366 e. The zero-order valence-corrected chi connectivity index (χ0v) is 17.4. The van der Waals surface area contributed by atoms with E-state index in [0.717, 1.165) is 5.56 Å². The molecule has 8 heteroatoms. The molecule has 0 aliphatic carbocycles. The number of nitrogens with one attached hydrogen (secondary N) is 1. The highest BCUT2D eigenvalue weighted by Gasteiger charge is 2.19. The number of aldehydes is 1. The molecule has 0 aliphatic rings. The van der Waals surface area contributed by atoms with Gasteiger partial charge < -0.3 is 14.6 Å². The molecule has 2 heterocycles. The van der Waals surface area contributed by atoms with Crippen molar-refractivity contribution in [2.24, 2.45) is 0 Å². The normalized spacial score (nSPS) is 11.8. The summed E-state index contributed by atoms with van der Waals surface area (Å²) in [5, 5.41) is 7.16.